The molecule has 4 atom stereocenters. The Kier molecular flexibility index (Phi) is 5.66. The van der Waals surface area contributed by atoms with Crippen LogP contribution in [0.25, 0.3) is 0 Å². The molecule has 4 unspecified atom stereocenters. The van der Waals surface area contributed by atoms with Crippen LogP contribution in [0.5, 0.6) is 0 Å². The van der Waals surface area contributed by atoms with Gasteiger partial charge in [-0.3, -0.25) is 4.79 Å². The second kappa shape index (κ2) is 5.70. The van der Waals surface area contributed by atoms with Crippen molar-refractivity contribution < 1.29 is 4.79 Å². The molecule has 1 fully saturated rings. The molecular weight excluding hydrogens is 193 g/mol. The lowest BCUT2D eigenvalue weighted by atomic mass is 9.70. The van der Waals surface area contributed by atoms with Crippen molar-refractivity contribution in [1.29, 1.82) is 0 Å². The Labute approximate surface area is 90.6 Å². The van der Waals surface area contributed by atoms with Gasteiger partial charge in [0.25, 0.3) is 0 Å². The van der Waals surface area contributed by atoms with Crippen LogP contribution in [0.2, 0.25) is 0 Å². The highest BCUT2D eigenvalue weighted by atomic mass is 31.0. The molecule has 1 saturated carbocycles. The molecule has 0 aromatic carbocycles. The van der Waals surface area contributed by atoms with Gasteiger partial charge in [-0.15, -0.1) is 0 Å². The summed E-state index contributed by atoms with van der Waals surface area (Å²) in [7, 11) is 0. The summed E-state index contributed by atoms with van der Waals surface area (Å²) in [5, 5.41) is 0. The summed E-state index contributed by atoms with van der Waals surface area (Å²) in [6, 6.07) is 0. The van der Waals surface area contributed by atoms with Gasteiger partial charge in [-0.05, 0) is 30.6 Å². The lowest BCUT2D eigenvalue weighted by Gasteiger charge is -2.35. The van der Waals surface area contributed by atoms with Crippen LogP contribution in [0, 0.1) is 23.7 Å². The Morgan fingerprint density at radius 1 is 1.36 bits per heavy atom. The van der Waals surface area contributed by atoms with Gasteiger partial charge in [0.05, 0.1) is 0 Å². The van der Waals surface area contributed by atoms with Gasteiger partial charge in [-0.1, -0.05) is 27.2 Å². The molecule has 0 spiro atoms. The van der Waals surface area contributed by atoms with E-state index in [1.807, 2.05) is 0 Å². The third-order valence-corrected chi connectivity index (χ3v) is 3.39. The molecule has 14 heavy (non-hydrogen) atoms. The highest BCUT2D eigenvalue weighted by molar-refractivity contribution is 6.92. The zero-order chi connectivity index (χ0) is 10.0. The van der Waals surface area contributed by atoms with E-state index in [-0.39, 0.29) is 21.7 Å². The van der Waals surface area contributed by atoms with Gasteiger partial charge >= 0.3 is 0 Å². The van der Waals surface area contributed by atoms with E-state index in [9.17, 15) is 4.79 Å². The number of hydrogen-bond acceptors (Lipinski definition) is 1. The van der Waals surface area contributed by atoms with Crippen molar-refractivity contribution in [3.8, 4) is 0 Å². The van der Waals surface area contributed by atoms with E-state index in [2.05, 4.69) is 20.8 Å². The summed E-state index contributed by atoms with van der Waals surface area (Å²) in [5.74, 6) is 1.82. The summed E-state index contributed by atoms with van der Waals surface area (Å²) in [6.45, 7) is 6.60. The molecule has 1 rings (SSSR count). The zero-order valence-electron chi connectivity index (χ0n) is 9.62. The Hall–Kier alpha value is -0.100. The molecule has 2 N–H and O–H groups in total. The first kappa shape index (κ1) is 13.9. The van der Waals surface area contributed by atoms with Gasteiger partial charge in [-0.25, -0.2) is 0 Å². The van der Waals surface area contributed by atoms with Crippen molar-refractivity contribution in [2.45, 2.75) is 40.0 Å². The quantitative estimate of drug-likeness (QED) is 0.708. The average Bonchev–Trinajstić information content (AvgIpc) is 2.03. The number of amides is 1. The lowest BCUT2D eigenvalue weighted by molar-refractivity contribution is -0.125. The zero-order valence-corrected chi connectivity index (χ0v) is 11.0. The van der Waals surface area contributed by atoms with Crippen LogP contribution < -0.4 is 5.73 Å². The Bertz CT molecular complexity index is 194. The van der Waals surface area contributed by atoms with Gasteiger partial charge in [0, 0.05) is 5.92 Å². The molecule has 0 bridgehead atoms. The minimum atomic E-state index is -0.0924. The maximum atomic E-state index is 11.2. The molecule has 0 radical (unpaired) electrons. The maximum absolute atomic E-state index is 11.2. The summed E-state index contributed by atoms with van der Waals surface area (Å²) >= 11 is 0. The van der Waals surface area contributed by atoms with Crippen molar-refractivity contribution in [2.75, 3.05) is 0 Å². The molecule has 1 aliphatic carbocycles. The normalized spacial score (nSPS) is 32.4. The Morgan fingerprint density at radius 2 is 1.93 bits per heavy atom. The third-order valence-electron chi connectivity index (χ3n) is 3.39. The minimum Gasteiger partial charge on any atom is -0.369 e. The van der Waals surface area contributed by atoms with Crippen LogP contribution >= 0.6 is 9.90 Å². The summed E-state index contributed by atoms with van der Waals surface area (Å²) in [4.78, 5) is 11.2. The van der Waals surface area contributed by atoms with E-state index >= 15 is 0 Å². The molecule has 84 valence electrons. The van der Waals surface area contributed by atoms with Crippen LogP contribution in [-0.2, 0) is 4.79 Å². The first-order valence-corrected chi connectivity index (χ1v) is 5.31. The average molecular weight is 217 g/mol. The van der Waals surface area contributed by atoms with E-state index < -0.39 is 0 Å². The van der Waals surface area contributed by atoms with Gasteiger partial charge in [0.1, 0.15) is 0 Å². The van der Waals surface area contributed by atoms with Crippen LogP contribution in [0.3, 0.4) is 0 Å². The van der Waals surface area contributed by atoms with Crippen LogP contribution in [0.1, 0.15) is 40.0 Å². The van der Waals surface area contributed by atoms with Crippen molar-refractivity contribution in [2.24, 2.45) is 29.4 Å². The molecule has 0 aromatic rings. The van der Waals surface area contributed by atoms with Crippen molar-refractivity contribution in [1.82, 2.24) is 0 Å². The Balaban J connectivity index is 0.00000169. The first-order valence-electron chi connectivity index (χ1n) is 5.31. The lowest BCUT2D eigenvalue weighted by Crippen LogP contribution is -2.37. The Morgan fingerprint density at radius 3 is 2.36 bits per heavy atom. The molecule has 0 saturated heterocycles. The standard InChI is InChI=1S/C11H21NO.H3P/c1-7(2)9-5-4-8(3)6-10(9)11(12)13;/h7-10H,4-6H2,1-3H3,(H2,12,13);1H3. The molecule has 0 aromatic heterocycles. The van der Waals surface area contributed by atoms with Gasteiger partial charge in [0.2, 0.25) is 5.91 Å². The number of rotatable bonds is 2. The maximum Gasteiger partial charge on any atom is 0.220 e. The second-order valence-corrected chi connectivity index (χ2v) is 4.83. The van der Waals surface area contributed by atoms with Crippen molar-refractivity contribution in [3.05, 3.63) is 0 Å². The van der Waals surface area contributed by atoms with E-state index in [0.29, 0.717) is 17.8 Å². The number of primary amides is 1. The van der Waals surface area contributed by atoms with E-state index in [1.165, 1.54) is 12.8 Å². The van der Waals surface area contributed by atoms with Crippen LogP contribution in [-0.4, -0.2) is 5.91 Å². The predicted molar refractivity (Wildman–Crippen MR) is 65.1 cm³/mol. The summed E-state index contributed by atoms with van der Waals surface area (Å²) in [6.07, 6.45) is 3.43. The molecule has 0 aliphatic heterocycles. The fourth-order valence-electron chi connectivity index (χ4n) is 2.53. The van der Waals surface area contributed by atoms with E-state index in [1.54, 1.807) is 0 Å². The molecule has 3 heteroatoms. The molecule has 1 amide bonds. The summed E-state index contributed by atoms with van der Waals surface area (Å²) in [5.41, 5.74) is 5.42. The fraction of sp³-hybridized carbons (Fsp3) is 0.909. The van der Waals surface area contributed by atoms with E-state index in [0.717, 1.165) is 6.42 Å². The first-order chi connectivity index (χ1) is 6.02. The van der Waals surface area contributed by atoms with Gasteiger partial charge in [-0.2, -0.15) is 9.90 Å². The highest BCUT2D eigenvalue weighted by Gasteiger charge is 2.33. The highest BCUT2D eigenvalue weighted by Crippen LogP contribution is 2.37. The molecule has 2 nitrogen and oxygen atoms in total. The third kappa shape index (κ3) is 3.24. The molecule has 1 aliphatic rings. The second-order valence-electron chi connectivity index (χ2n) is 4.83. The number of carbonyl (C=O) groups is 1. The number of hydrogen-bond donors (Lipinski definition) is 1. The van der Waals surface area contributed by atoms with Crippen molar-refractivity contribution >= 4 is 15.8 Å². The monoisotopic (exact) mass is 217 g/mol. The largest absolute Gasteiger partial charge is 0.369 e. The number of nitrogens with two attached hydrogens (primary N) is 1. The van der Waals surface area contributed by atoms with Crippen LogP contribution in [0.4, 0.5) is 0 Å². The molecular formula is C11H24NOP. The smallest absolute Gasteiger partial charge is 0.220 e. The number of carbonyl (C=O) groups excluding carboxylic acids is 1. The van der Waals surface area contributed by atoms with Crippen LogP contribution in [0.15, 0.2) is 0 Å². The summed E-state index contributed by atoms with van der Waals surface area (Å²) < 4.78 is 0. The predicted octanol–water partition coefficient (Wildman–Crippen LogP) is 2.24. The fourth-order valence-corrected chi connectivity index (χ4v) is 2.53. The van der Waals surface area contributed by atoms with Gasteiger partial charge < -0.3 is 5.73 Å². The van der Waals surface area contributed by atoms with E-state index in [4.69, 9.17) is 5.73 Å². The SMILES string of the molecule is CC1CCC(C(C)C)C(C(N)=O)C1.P. The topological polar surface area (TPSA) is 43.1 Å². The minimum absolute atomic E-state index is 0. The molecule has 0 heterocycles. The van der Waals surface area contributed by atoms with Gasteiger partial charge in [0.15, 0.2) is 0 Å². The van der Waals surface area contributed by atoms with Crippen molar-refractivity contribution in [3.63, 3.8) is 0 Å².